The van der Waals surface area contributed by atoms with Gasteiger partial charge in [0.1, 0.15) is 0 Å². The molecule has 0 unspecified atom stereocenters. The molecule has 1 heterocycles. The van der Waals surface area contributed by atoms with Crippen LogP contribution in [0.1, 0.15) is 32.7 Å². The molecular formula is C22H23Cl2N7O. The first-order valence-corrected chi connectivity index (χ1v) is 10.5. The number of aromatic nitrogens is 2. The Morgan fingerprint density at radius 2 is 1.81 bits per heavy atom. The summed E-state index contributed by atoms with van der Waals surface area (Å²) in [5, 5.41) is 6.14. The summed E-state index contributed by atoms with van der Waals surface area (Å²) in [5.74, 6) is -0.542. The molecule has 0 spiro atoms. The summed E-state index contributed by atoms with van der Waals surface area (Å²) in [6.45, 7) is 4.76. The number of hydrogen-bond acceptors (Lipinski definition) is 6. The van der Waals surface area contributed by atoms with E-state index in [0.29, 0.717) is 18.1 Å². The number of benzene rings is 2. The van der Waals surface area contributed by atoms with E-state index in [1.54, 1.807) is 12.1 Å². The lowest BCUT2D eigenvalue weighted by molar-refractivity contribution is 0.0972. The molecule has 0 saturated heterocycles. The van der Waals surface area contributed by atoms with Gasteiger partial charge in [-0.25, -0.2) is 15.0 Å². The van der Waals surface area contributed by atoms with Gasteiger partial charge in [0.2, 0.25) is 0 Å². The molecule has 8 nitrogen and oxygen atoms in total. The van der Waals surface area contributed by atoms with Gasteiger partial charge in [-0.3, -0.25) is 10.1 Å². The number of nitrogens with one attached hydrogen (secondary N) is 2. The van der Waals surface area contributed by atoms with Crippen molar-refractivity contribution in [3.63, 3.8) is 0 Å². The molecule has 0 radical (unpaired) electrons. The van der Waals surface area contributed by atoms with Gasteiger partial charge in [-0.2, -0.15) is 0 Å². The van der Waals surface area contributed by atoms with Gasteiger partial charge in [-0.1, -0.05) is 59.1 Å². The van der Waals surface area contributed by atoms with Crippen molar-refractivity contribution < 1.29 is 4.79 Å². The Morgan fingerprint density at radius 3 is 2.50 bits per heavy atom. The molecule has 0 saturated carbocycles. The molecule has 1 aromatic heterocycles. The van der Waals surface area contributed by atoms with Gasteiger partial charge in [0.25, 0.3) is 5.91 Å². The van der Waals surface area contributed by atoms with Crippen LogP contribution in [0.25, 0.3) is 0 Å². The molecule has 6 N–H and O–H groups in total. The van der Waals surface area contributed by atoms with E-state index in [1.807, 2.05) is 38.1 Å². The van der Waals surface area contributed by atoms with Crippen molar-refractivity contribution in [1.82, 2.24) is 15.3 Å². The summed E-state index contributed by atoms with van der Waals surface area (Å²) in [6, 6.07) is 13.3. The van der Waals surface area contributed by atoms with Crippen molar-refractivity contribution in [1.29, 1.82) is 0 Å². The van der Waals surface area contributed by atoms with Gasteiger partial charge in [0, 0.05) is 11.6 Å². The Labute approximate surface area is 196 Å². The number of guanidine groups is 1. The number of hydrogen-bond donors (Lipinski definition) is 4. The van der Waals surface area contributed by atoms with Crippen molar-refractivity contribution in [2.24, 2.45) is 10.7 Å². The van der Waals surface area contributed by atoms with Gasteiger partial charge in [0.15, 0.2) is 28.4 Å². The third-order valence-corrected chi connectivity index (χ3v) is 5.14. The number of anilines is 2. The fraction of sp³-hybridized carbons (Fsp3) is 0.182. The number of carbonyl (C=O) groups is 1. The molecular weight excluding hydrogens is 449 g/mol. The Morgan fingerprint density at radius 1 is 1.09 bits per heavy atom. The maximum atomic E-state index is 12.5. The second kappa shape index (κ2) is 10.3. The quantitative estimate of drug-likeness (QED) is 0.319. The summed E-state index contributed by atoms with van der Waals surface area (Å²) >= 11 is 12.1. The zero-order chi connectivity index (χ0) is 23.3. The van der Waals surface area contributed by atoms with E-state index >= 15 is 0 Å². The lowest BCUT2D eigenvalue weighted by Gasteiger charge is -2.11. The molecule has 0 atom stereocenters. The molecule has 10 heteroatoms. The number of aliphatic imine (C=N–C) groups is 1. The second-order valence-electron chi connectivity index (χ2n) is 7.16. The number of halogens is 2. The number of nitrogen functional groups attached to an aromatic ring is 1. The van der Waals surface area contributed by atoms with Crippen LogP contribution in [0, 0.1) is 13.8 Å². The minimum absolute atomic E-state index is 0.00380. The molecule has 0 aliphatic heterocycles. The maximum absolute atomic E-state index is 12.5. The van der Waals surface area contributed by atoms with Crippen molar-refractivity contribution >= 4 is 46.7 Å². The van der Waals surface area contributed by atoms with Crippen molar-refractivity contribution in [2.75, 3.05) is 11.1 Å². The molecule has 0 bridgehead atoms. The molecule has 3 aromatic rings. The van der Waals surface area contributed by atoms with Crippen LogP contribution in [0.15, 0.2) is 47.5 Å². The molecule has 1 amide bonds. The smallest absolute Gasteiger partial charge is 0.280 e. The molecule has 0 aliphatic rings. The molecule has 2 aromatic carbocycles. The van der Waals surface area contributed by atoms with E-state index < -0.39 is 5.91 Å². The van der Waals surface area contributed by atoms with Crippen LogP contribution in [-0.2, 0) is 13.1 Å². The first kappa shape index (κ1) is 23.3. The van der Waals surface area contributed by atoms with E-state index in [2.05, 4.69) is 31.7 Å². The topological polar surface area (TPSA) is 131 Å². The van der Waals surface area contributed by atoms with Gasteiger partial charge in [-0.05, 0) is 42.7 Å². The van der Waals surface area contributed by atoms with Gasteiger partial charge >= 0.3 is 0 Å². The minimum atomic E-state index is -0.650. The largest absolute Gasteiger partial charge is 0.382 e. The molecule has 166 valence electrons. The van der Waals surface area contributed by atoms with Crippen LogP contribution in [0.4, 0.5) is 11.6 Å². The summed E-state index contributed by atoms with van der Waals surface area (Å²) < 4.78 is 0. The van der Waals surface area contributed by atoms with Gasteiger partial charge < -0.3 is 16.8 Å². The van der Waals surface area contributed by atoms with E-state index in [0.717, 1.165) is 22.3 Å². The average Bonchev–Trinajstić information content (AvgIpc) is 2.74. The Hall–Kier alpha value is -3.36. The van der Waals surface area contributed by atoms with E-state index in [4.69, 9.17) is 34.7 Å². The Kier molecular flexibility index (Phi) is 7.50. The number of nitrogens with zero attached hydrogens (tertiary/aromatic N) is 3. The third-order valence-electron chi connectivity index (χ3n) is 4.63. The number of carbonyl (C=O) groups excluding carboxylic acids is 1. The highest BCUT2D eigenvalue weighted by Gasteiger charge is 2.18. The Balaban J connectivity index is 1.65. The fourth-order valence-electron chi connectivity index (χ4n) is 2.90. The van der Waals surface area contributed by atoms with Crippen LogP contribution in [0.2, 0.25) is 10.2 Å². The van der Waals surface area contributed by atoms with Crippen molar-refractivity contribution in [2.45, 2.75) is 26.9 Å². The number of amides is 1. The zero-order valence-electron chi connectivity index (χ0n) is 17.6. The summed E-state index contributed by atoms with van der Waals surface area (Å²) in [5.41, 5.74) is 15.9. The maximum Gasteiger partial charge on any atom is 0.280 e. The number of rotatable bonds is 6. The van der Waals surface area contributed by atoms with Gasteiger partial charge in [0.05, 0.1) is 6.54 Å². The zero-order valence-corrected chi connectivity index (χ0v) is 19.1. The lowest BCUT2D eigenvalue weighted by Crippen LogP contribution is -2.37. The fourth-order valence-corrected chi connectivity index (χ4v) is 3.22. The van der Waals surface area contributed by atoms with Crippen LogP contribution < -0.4 is 22.1 Å². The highest BCUT2D eigenvalue weighted by atomic mass is 35.5. The molecule has 0 fully saturated rings. The van der Waals surface area contributed by atoms with Crippen molar-refractivity contribution in [3.8, 4) is 0 Å². The molecule has 0 aliphatic carbocycles. The van der Waals surface area contributed by atoms with Gasteiger partial charge in [-0.15, -0.1) is 0 Å². The Bertz CT molecular complexity index is 1160. The van der Waals surface area contributed by atoms with E-state index in [1.165, 1.54) is 0 Å². The summed E-state index contributed by atoms with van der Waals surface area (Å²) in [6.07, 6.45) is 0. The second-order valence-corrected chi connectivity index (χ2v) is 7.96. The monoisotopic (exact) mass is 471 g/mol. The van der Waals surface area contributed by atoms with Crippen LogP contribution in [-0.4, -0.2) is 21.8 Å². The lowest BCUT2D eigenvalue weighted by atomic mass is 10.1. The SMILES string of the molecule is Cc1ccc(CN=C(N)NC(=O)c2nc(Cl)c(NCc3ccc(Cl)cc3)nc2N)c(C)c1. The van der Waals surface area contributed by atoms with E-state index in [9.17, 15) is 4.79 Å². The molecule has 32 heavy (non-hydrogen) atoms. The first-order chi connectivity index (χ1) is 15.2. The molecule has 3 rings (SSSR count). The normalized spacial score (nSPS) is 11.3. The predicted molar refractivity (Wildman–Crippen MR) is 129 cm³/mol. The summed E-state index contributed by atoms with van der Waals surface area (Å²) in [4.78, 5) is 25.0. The summed E-state index contributed by atoms with van der Waals surface area (Å²) in [7, 11) is 0. The van der Waals surface area contributed by atoms with E-state index in [-0.39, 0.29) is 28.4 Å². The van der Waals surface area contributed by atoms with Crippen molar-refractivity contribution in [3.05, 3.63) is 80.6 Å². The van der Waals surface area contributed by atoms with Crippen LogP contribution >= 0.6 is 23.2 Å². The highest BCUT2D eigenvalue weighted by Crippen LogP contribution is 2.21. The minimum Gasteiger partial charge on any atom is -0.382 e. The van der Waals surface area contributed by atoms with Crippen LogP contribution in [0.3, 0.4) is 0 Å². The highest BCUT2D eigenvalue weighted by molar-refractivity contribution is 6.32. The number of aryl methyl sites for hydroxylation is 2. The first-order valence-electron chi connectivity index (χ1n) is 9.71. The average molecular weight is 472 g/mol. The third kappa shape index (κ3) is 6.09. The van der Waals surface area contributed by atoms with Crippen LogP contribution in [0.5, 0.6) is 0 Å². The number of nitrogens with two attached hydrogens (primary N) is 2. The predicted octanol–water partition coefficient (Wildman–Crippen LogP) is 3.84. The standard InChI is InChI=1S/C22H23Cl2N7O/c1-12-3-6-15(13(2)9-12)11-28-22(26)31-21(32)17-19(25)30-20(18(24)29-17)27-10-14-4-7-16(23)8-5-14/h3-9H,10-11H2,1-2H3,(H3,25,27,30)(H3,26,28,31,32).